The molecule has 2 heterocycles. The predicted octanol–water partition coefficient (Wildman–Crippen LogP) is 2.06. The maximum absolute atomic E-state index is 12.2. The first kappa shape index (κ1) is 13.0. The highest BCUT2D eigenvalue weighted by Gasteiger charge is 2.46. The van der Waals surface area contributed by atoms with E-state index in [0.717, 1.165) is 10.0 Å². The van der Waals surface area contributed by atoms with Gasteiger partial charge in [0.2, 0.25) is 0 Å². The maximum atomic E-state index is 12.2. The minimum absolute atomic E-state index is 0.185. The zero-order valence-electron chi connectivity index (χ0n) is 10.2. The van der Waals surface area contributed by atoms with Crippen LogP contribution in [-0.2, 0) is 11.3 Å². The summed E-state index contributed by atoms with van der Waals surface area (Å²) < 4.78 is 0.824. The fourth-order valence-corrected chi connectivity index (χ4v) is 2.27. The second kappa shape index (κ2) is 4.68. The number of hydrogen-bond donors (Lipinski definition) is 1. The summed E-state index contributed by atoms with van der Waals surface area (Å²) in [5, 5.41) is 2.72. The molecule has 1 aromatic rings. The lowest BCUT2D eigenvalue weighted by atomic mass is 9.99. The Balaban J connectivity index is 2.20. The van der Waals surface area contributed by atoms with E-state index in [1.54, 1.807) is 19.3 Å². The highest BCUT2D eigenvalue weighted by molar-refractivity contribution is 9.10. The van der Waals surface area contributed by atoms with Gasteiger partial charge in [-0.3, -0.25) is 14.7 Å². The second-order valence-corrected chi connectivity index (χ2v) is 5.43. The van der Waals surface area contributed by atoms with Gasteiger partial charge in [-0.2, -0.15) is 0 Å². The van der Waals surface area contributed by atoms with Gasteiger partial charge in [0.05, 0.1) is 6.54 Å². The largest absolute Gasteiger partial charge is 0.325 e. The van der Waals surface area contributed by atoms with Crippen LogP contribution in [0.4, 0.5) is 4.79 Å². The van der Waals surface area contributed by atoms with Crippen LogP contribution in [0.1, 0.15) is 25.8 Å². The summed E-state index contributed by atoms with van der Waals surface area (Å²) in [5.74, 6) is -0.185. The molecule has 1 saturated heterocycles. The average Bonchev–Trinajstić information content (AvgIpc) is 2.54. The lowest BCUT2D eigenvalue weighted by Gasteiger charge is -2.19. The summed E-state index contributed by atoms with van der Waals surface area (Å²) in [6, 6.07) is 1.50. The molecule has 1 atom stereocenters. The molecule has 0 spiro atoms. The van der Waals surface area contributed by atoms with Crippen molar-refractivity contribution in [1.29, 1.82) is 0 Å². The van der Waals surface area contributed by atoms with E-state index in [-0.39, 0.29) is 18.5 Å². The normalized spacial score (nSPS) is 23.4. The first-order valence-electron chi connectivity index (χ1n) is 5.70. The highest BCUT2D eigenvalue weighted by Crippen LogP contribution is 2.23. The van der Waals surface area contributed by atoms with Crippen LogP contribution in [0.3, 0.4) is 0 Å². The van der Waals surface area contributed by atoms with Crippen LogP contribution in [-0.4, -0.2) is 27.4 Å². The van der Waals surface area contributed by atoms with Gasteiger partial charge in [-0.05, 0) is 40.9 Å². The smallest absolute Gasteiger partial charge is 0.323 e. The quantitative estimate of drug-likeness (QED) is 0.869. The average molecular weight is 312 g/mol. The lowest BCUT2D eigenvalue weighted by Crippen LogP contribution is -2.43. The van der Waals surface area contributed by atoms with E-state index in [1.165, 1.54) is 4.90 Å². The number of carbonyl (C=O) groups excluding carboxylic acids is 2. The monoisotopic (exact) mass is 311 g/mol. The Morgan fingerprint density at radius 1 is 1.44 bits per heavy atom. The third kappa shape index (κ3) is 2.25. The van der Waals surface area contributed by atoms with Crippen molar-refractivity contribution in [2.45, 2.75) is 32.4 Å². The van der Waals surface area contributed by atoms with Crippen molar-refractivity contribution < 1.29 is 9.59 Å². The van der Waals surface area contributed by atoms with Gasteiger partial charge in [-0.15, -0.1) is 0 Å². The maximum Gasteiger partial charge on any atom is 0.325 e. The van der Waals surface area contributed by atoms with Crippen LogP contribution >= 0.6 is 15.9 Å². The topological polar surface area (TPSA) is 62.3 Å². The fraction of sp³-hybridized carbons (Fsp3) is 0.417. The van der Waals surface area contributed by atoms with E-state index < -0.39 is 5.54 Å². The summed E-state index contributed by atoms with van der Waals surface area (Å²) in [6.07, 6.45) is 3.88. The van der Waals surface area contributed by atoms with Crippen LogP contribution in [0.5, 0.6) is 0 Å². The minimum Gasteiger partial charge on any atom is -0.323 e. The second-order valence-electron chi connectivity index (χ2n) is 4.52. The first-order chi connectivity index (χ1) is 8.46. The highest BCUT2D eigenvalue weighted by atomic mass is 79.9. The number of pyridine rings is 1. The van der Waals surface area contributed by atoms with Crippen LogP contribution in [0.2, 0.25) is 0 Å². The molecule has 2 rings (SSSR count). The van der Waals surface area contributed by atoms with E-state index in [4.69, 9.17) is 0 Å². The Kier molecular flexibility index (Phi) is 3.38. The molecule has 18 heavy (non-hydrogen) atoms. The molecule has 0 aliphatic carbocycles. The van der Waals surface area contributed by atoms with Crippen molar-refractivity contribution in [3.8, 4) is 0 Å². The zero-order valence-corrected chi connectivity index (χ0v) is 11.8. The van der Waals surface area contributed by atoms with Crippen LogP contribution < -0.4 is 5.32 Å². The first-order valence-corrected chi connectivity index (χ1v) is 6.49. The molecule has 0 bridgehead atoms. The number of urea groups is 1. The standard InChI is InChI=1S/C12H14BrN3O2/c1-3-12(2)10(17)16(11(18)15-12)7-8-4-9(13)6-14-5-8/h4-6H,3,7H2,1-2H3,(H,15,18). The van der Waals surface area contributed by atoms with E-state index in [0.29, 0.717) is 6.42 Å². The molecule has 1 aliphatic heterocycles. The number of halogens is 1. The molecular weight excluding hydrogens is 298 g/mol. The molecule has 5 nitrogen and oxygen atoms in total. The van der Waals surface area contributed by atoms with Crippen LogP contribution in [0, 0.1) is 0 Å². The van der Waals surface area contributed by atoms with E-state index in [2.05, 4.69) is 26.2 Å². The van der Waals surface area contributed by atoms with E-state index in [9.17, 15) is 9.59 Å². The number of imide groups is 1. The molecule has 1 fully saturated rings. The van der Waals surface area contributed by atoms with Crippen molar-refractivity contribution in [2.24, 2.45) is 0 Å². The lowest BCUT2D eigenvalue weighted by molar-refractivity contribution is -0.131. The Labute approximate surface area is 114 Å². The van der Waals surface area contributed by atoms with Gasteiger partial charge in [0.15, 0.2) is 0 Å². The number of amides is 3. The molecule has 0 saturated carbocycles. The number of nitrogens with zero attached hydrogens (tertiary/aromatic N) is 2. The van der Waals surface area contributed by atoms with Gasteiger partial charge in [-0.1, -0.05) is 6.92 Å². The zero-order chi connectivity index (χ0) is 13.3. The molecule has 1 N–H and O–H groups in total. The number of carbonyl (C=O) groups is 2. The van der Waals surface area contributed by atoms with Gasteiger partial charge in [0.1, 0.15) is 5.54 Å². The Morgan fingerprint density at radius 3 is 2.72 bits per heavy atom. The van der Waals surface area contributed by atoms with Crippen molar-refractivity contribution in [3.63, 3.8) is 0 Å². The van der Waals surface area contributed by atoms with Gasteiger partial charge in [0, 0.05) is 16.9 Å². The van der Waals surface area contributed by atoms with Crippen molar-refractivity contribution >= 4 is 27.9 Å². The van der Waals surface area contributed by atoms with Gasteiger partial charge < -0.3 is 5.32 Å². The summed E-state index contributed by atoms with van der Waals surface area (Å²) in [7, 11) is 0. The van der Waals surface area contributed by atoms with Crippen molar-refractivity contribution in [2.75, 3.05) is 0 Å². The van der Waals surface area contributed by atoms with E-state index >= 15 is 0 Å². The molecule has 1 unspecified atom stereocenters. The number of hydrogen-bond acceptors (Lipinski definition) is 3. The Bertz CT molecular complexity index is 506. The summed E-state index contributed by atoms with van der Waals surface area (Å²) in [4.78, 5) is 29.2. The molecule has 0 radical (unpaired) electrons. The SMILES string of the molecule is CCC1(C)NC(=O)N(Cc2cncc(Br)c2)C1=O. The van der Waals surface area contributed by atoms with Gasteiger partial charge >= 0.3 is 6.03 Å². The molecule has 1 aromatic heterocycles. The van der Waals surface area contributed by atoms with E-state index in [1.807, 2.05) is 13.0 Å². The Hall–Kier alpha value is -1.43. The molecule has 6 heteroatoms. The summed E-state index contributed by atoms with van der Waals surface area (Å²) in [6.45, 7) is 3.86. The molecule has 96 valence electrons. The summed E-state index contributed by atoms with van der Waals surface area (Å²) in [5.41, 5.74) is 0.0319. The van der Waals surface area contributed by atoms with Crippen molar-refractivity contribution in [1.82, 2.24) is 15.2 Å². The minimum atomic E-state index is -0.781. The third-order valence-electron chi connectivity index (χ3n) is 3.15. The number of aromatic nitrogens is 1. The van der Waals surface area contributed by atoms with Gasteiger partial charge in [-0.25, -0.2) is 4.79 Å². The van der Waals surface area contributed by atoms with Crippen molar-refractivity contribution in [3.05, 3.63) is 28.5 Å². The third-order valence-corrected chi connectivity index (χ3v) is 3.59. The fourth-order valence-electron chi connectivity index (χ4n) is 1.86. The van der Waals surface area contributed by atoms with Crippen LogP contribution in [0.15, 0.2) is 22.9 Å². The predicted molar refractivity (Wildman–Crippen MR) is 69.7 cm³/mol. The number of rotatable bonds is 3. The molecule has 0 aromatic carbocycles. The van der Waals surface area contributed by atoms with Gasteiger partial charge in [0.25, 0.3) is 5.91 Å². The molecular formula is C12H14BrN3O2. The summed E-state index contributed by atoms with van der Waals surface area (Å²) >= 11 is 3.31. The Morgan fingerprint density at radius 2 is 2.17 bits per heavy atom. The molecule has 3 amide bonds. The number of nitrogens with one attached hydrogen (secondary N) is 1. The molecule has 1 aliphatic rings. The van der Waals surface area contributed by atoms with Crippen LogP contribution in [0.25, 0.3) is 0 Å².